The van der Waals surface area contributed by atoms with Crippen molar-refractivity contribution >= 4 is 63.2 Å². The number of nitrogens with zero attached hydrogens (tertiary/aromatic N) is 2. The van der Waals surface area contributed by atoms with Crippen LogP contribution >= 0.6 is 23.2 Å². The maximum Gasteiger partial charge on any atom is 0.251 e. The lowest BCUT2D eigenvalue weighted by Gasteiger charge is -2.21. The van der Waals surface area contributed by atoms with Crippen molar-refractivity contribution in [2.24, 2.45) is 0 Å². The minimum absolute atomic E-state index is 0.0523. The van der Waals surface area contributed by atoms with Crippen LogP contribution in [0.25, 0.3) is 10.9 Å². The molecular weight excluding hydrogens is 551 g/mol. The van der Waals surface area contributed by atoms with Crippen LogP contribution in [0.1, 0.15) is 34.5 Å². The maximum absolute atomic E-state index is 13.0. The zero-order valence-corrected chi connectivity index (χ0v) is 23.8. The van der Waals surface area contributed by atoms with E-state index >= 15 is 0 Å². The summed E-state index contributed by atoms with van der Waals surface area (Å²) in [5.74, 6) is -0.332. The molecule has 1 heterocycles. The van der Waals surface area contributed by atoms with Gasteiger partial charge in [0.25, 0.3) is 5.91 Å². The number of amides is 3. The second kappa shape index (κ2) is 12.8. The van der Waals surface area contributed by atoms with Crippen molar-refractivity contribution in [2.75, 3.05) is 24.3 Å². The second-order valence-electron chi connectivity index (χ2n) is 9.09. The van der Waals surface area contributed by atoms with Crippen LogP contribution in [0.15, 0.2) is 66.7 Å². The minimum Gasteiger partial charge on any atom is -0.487 e. The third kappa shape index (κ3) is 6.70. The van der Waals surface area contributed by atoms with Gasteiger partial charge in [0.2, 0.25) is 11.8 Å². The lowest BCUT2D eigenvalue weighted by Crippen LogP contribution is -2.28. The SMILES string of the molecule is CNC(=O)c1cccc(NC(=O)CCC(=O)N(C)c2ccc(Cl)c(COc3cccc4ccc(C)nc34)c2Cl)c1. The van der Waals surface area contributed by atoms with Gasteiger partial charge in [0.15, 0.2) is 0 Å². The summed E-state index contributed by atoms with van der Waals surface area (Å²) < 4.78 is 6.07. The van der Waals surface area contributed by atoms with E-state index in [1.165, 1.54) is 11.9 Å². The molecular formula is C30H28Cl2N4O4. The van der Waals surface area contributed by atoms with Crippen LogP contribution in [0.2, 0.25) is 10.0 Å². The van der Waals surface area contributed by atoms with Gasteiger partial charge in [0.1, 0.15) is 17.9 Å². The van der Waals surface area contributed by atoms with Gasteiger partial charge in [-0.15, -0.1) is 0 Å². The molecule has 0 bridgehead atoms. The number of benzene rings is 3. The molecule has 0 aliphatic rings. The van der Waals surface area contributed by atoms with Gasteiger partial charge in [-0.3, -0.25) is 14.4 Å². The molecule has 4 aromatic rings. The fourth-order valence-corrected chi connectivity index (χ4v) is 4.70. The summed E-state index contributed by atoms with van der Waals surface area (Å²) in [6.07, 6.45) is -0.106. The van der Waals surface area contributed by atoms with Gasteiger partial charge < -0.3 is 20.3 Å². The van der Waals surface area contributed by atoms with Crippen molar-refractivity contribution in [3.8, 4) is 5.75 Å². The fourth-order valence-electron chi connectivity index (χ4n) is 4.09. The molecule has 1 aromatic heterocycles. The lowest BCUT2D eigenvalue weighted by molar-refractivity contribution is -0.122. The summed E-state index contributed by atoms with van der Waals surface area (Å²) in [4.78, 5) is 43.2. The summed E-state index contributed by atoms with van der Waals surface area (Å²) in [6, 6.07) is 19.4. The number of para-hydroxylation sites is 1. The van der Waals surface area contributed by atoms with Crippen LogP contribution in [0.4, 0.5) is 11.4 Å². The third-order valence-electron chi connectivity index (χ3n) is 6.30. The van der Waals surface area contributed by atoms with E-state index < -0.39 is 0 Å². The van der Waals surface area contributed by atoms with Gasteiger partial charge in [0.05, 0.1) is 10.7 Å². The molecule has 4 rings (SSSR count). The molecule has 0 aliphatic heterocycles. The molecule has 206 valence electrons. The predicted octanol–water partition coefficient (Wildman–Crippen LogP) is 6.17. The number of fused-ring (bicyclic) bond motifs is 1. The summed E-state index contributed by atoms with van der Waals surface area (Å²) >= 11 is 13.2. The Bertz CT molecular complexity index is 1590. The van der Waals surface area contributed by atoms with Crippen molar-refractivity contribution in [3.05, 3.63) is 93.6 Å². The van der Waals surface area contributed by atoms with Crippen LogP contribution in [0, 0.1) is 6.92 Å². The number of hydrogen-bond donors (Lipinski definition) is 2. The molecule has 0 saturated carbocycles. The first-order valence-electron chi connectivity index (χ1n) is 12.5. The average molecular weight is 579 g/mol. The Morgan fingerprint density at radius 2 is 1.75 bits per heavy atom. The van der Waals surface area contributed by atoms with Gasteiger partial charge in [-0.1, -0.05) is 47.5 Å². The molecule has 3 amide bonds. The second-order valence-corrected chi connectivity index (χ2v) is 9.87. The zero-order chi connectivity index (χ0) is 28.8. The topological polar surface area (TPSA) is 101 Å². The zero-order valence-electron chi connectivity index (χ0n) is 22.3. The Kier molecular flexibility index (Phi) is 9.24. The number of aromatic nitrogens is 1. The van der Waals surface area contributed by atoms with Crippen molar-refractivity contribution in [1.82, 2.24) is 10.3 Å². The number of aryl methyl sites for hydroxylation is 1. The van der Waals surface area contributed by atoms with Crippen LogP contribution in [0.5, 0.6) is 5.75 Å². The van der Waals surface area contributed by atoms with Gasteiger partial charge >= 0.3 is 0 Å². The number of pyridine rings is 1. The average Bonchev–Trinajstić information content (AvgIpc) is 2.95. The van der Waals surface area contributed by atoms with E-state index in [-0.39, 0.29) is 42.2 Å². The van der Waals surface area contributed by atoms with Crippen molar-refractivity contribution < 1.29 is 19.1 Å². The predicted molar refractivity (Wildman–Crippen MR) is 158 cm³/mol. The molecule has 0 aliphatic carbocycles. The number of hydrogen-bond acceptors (Lipinski definition) is 5. The summed E-state index contributed by atoms with van der Waals surface area (Å²) in [7, 11) is 3.12. The highest BCUT2D eigenvalue weighted by molar-refractivity contribution is 6.38. The molecule has 0 fully saturated rings. The molecule has 0 unspecified atom stereocenters. The van der Waals surface area contributed by atoms with Gasteiger partial charge in [-0.05, 0) is 49.4 Å². The van der Waals surface area contributed by atoms with Gasteiger partial charge in [-0.25, -0.2) is 4.98 Å². The molecule has 8 nitrogen and oxygen atoms in total. The van der Waals surface area contributed by atoms with E-state index in [0.717, 1.165) is 16.6 Å². The summed E-state index contributed by atoms with van der Waals surface area (Å²) in [6.45, 7) is 1.98. The van der Waals surface area contributed by atoms with E-state index in [1.54, 1.807) is 43.4 Å². The highest BCUT2D eigenvalue weighted by Crippen LogP contribution is 2.35. The number of rotatable bonds is 9. The van der Waals surface area contributed by atoms with E-state index in [1.807, 2.05) is 37.3 Å². The van der Waals surface area contributed by atoms with Gasteiger partial charge in [-0.2, -0.15) is 0 Å². The number of anilines is 2. The molecule has 2 N–H and O–H groups in total. The Hall–Kier alpha value is -4.14. The number of halogens is 2. The first kappa shape index (κ1) is 28.9. The van der Waals surface area contributed by atoms with Crippen LogP contribution in [-0.4, -0.2) is 36.8 Å². The molecule has 0 atom stereocenters. The normalized spacial score (nSPS) is 10.7. The summed E-state index contributed by atoms with van der Waals surface area (Å²) in [5.41, 5.74) is 3.46. The van der Waals surface area contributed by atoms with E-state index in [4.69, 9.17) is 27.9 Å². The fraction of sp³-hybridized carbons (Fsp3) is 0.200. The number of ether oxygens (including phenoxy) is 1. The molecule has 3 aromatic carbocycles. The highest BCUT2D eigenvalue weighted by atomic mass is 35.5. The number of carbonyl (C=O) groups excluding carboxylic acids is 3. The standard InChI is InChI=1S/C30H28Cl2N4O4/c1-18-10-11-19-6-5-9-25(29(19)34-18)40-17-22-23(31)12-13-24(28(22)32)36(3)27(38)15-14-26(37)35-21-8-4-7-20(16-21)30(39)33-2/h4-13,16H,14-15,17H2,1-3H3,(H,33,39)(H,35,37). The van der Waals surface area contributed by atoms with Crippen LogP contribution < -0.4 is 20.3 Å². The third-order valence-corrected chi connectivity index (χ3v) is 7.07. The minimum atomic E-state index is -0.356. The van der Waals surface area contributed by atoms with E-state index in [2.05, 4.69) is 15.6 Å². The summed E-state index contributed by atoms with van der Waals surface area (Å²) in [5, 5.41) is 6.88. The Morgan fingerprint density at radius 1 is 0.975 bits per heavy atom. The number of nitrogens with one attached hydrogen (secondary N) is 2. The van der Waals surface area contributed by atoms with Crippen LogP contribution in [-0.2, 0) is 16.2 Å². The smallest absolute Gasteiger partial charge is 0.251 e. The largest absolute Gasteiger partial charge is 0.487 e. The quantitative estimate of drug-likeness (QED) is 0.247. The van der Waals surface area contributed by atoms with Crippen LogP contribution in [0.3, 0.4) is 0 Å². The first-order valence-corrected chi connectivity index (χ1v) is 13.3. The highest BCUT2D eigenvalue weighted by Gasteiger charge is 2.20. The van der Waals surface area contributed by atoms with Crippen molar-refractivity contribution in [3.63, 3.8) is 0 Å². The van der Waals surface area contributed by atoms with E-state index in [0.29, 0.717) is 33.3 Å². The Balaban J connectivity index is 1.41. The van der Waals surface area contributed by atoms with Gasteiger partial charge in [0, 0.05) is 59.9 Å². The molecule has 10 heteroatoms. The van der Waals surface area contributed by atoms with E-state index in [9.17, 15) is 14.4 Å². The monoisotopic (exact) mass is 578 g/mol. The lowest BCUT2D eigenvalue weighted by atomic mass is 10.1. The first-order chi connectivity index (χ1) is 19.2. The van der Waals surface area contributed by atoms with Crippen molar-refractivity contribution in [1.29, 1.82) is 0 Å². The Morgan fingerprint density at radius 3 is 2.52 bits per heavy atom. The van der Waals surface area contributed by atoms with Crippen molar-refractivity contribution in [2.45, 2.75) is 26.4 Å². The molecule has 0 radical (unpaired) electrons. The molecule has 0 saturated heterocycles. The number of carbonyl (C=O) groups is 3. The maximum atomic E-state index is 13.0. The molecule has 40 heavy (non-hydrogen) atoms. The molecule has 0 spiro atoms. The Labute approximate surface area is 242 Å².